The summed E-state index contributed by atoms with van der Waals surface area (Å²) in [5, 5.41) is 3.48. The largest absolute Gasteiger partial charge is 0.466 e. The second kappa shape index (κ2) is 14.2. The van der Waals surface area contributed by atoms with Crippen molar-refractivity contribution < 1.29 is 23.9 Å². The number of hydrogen-bond donors (Lipinski definition) is 1. The van der Waals surface area contributed by atoms with Crippen LogP contribution in [-0.4, -0.2) is 85.2 Å². The summed E-state index contributed by atoms with van der Waals surface area (Å²) in [5.74, 6) is 1.56. The molecule has 1 amide bonds. The van der Waals surface area contributed by atoms with Gasteiger partial charge in [0.25, 0.3) is 0 Å². The Morgan fingerprint density at radius 3 is 2.49 bits per heavy atom. The van der Waals surface area contributed by atoms with E-state index in [0.29, 0.717) is 38.5 Å². The van der Waals surface area contributed by atoms with Gasteiger partial charge in [0.05, 0.1) is 6.61 Å². The number of ketones is 1. The number of hydrogen-bond acceptors (Lipinski definition) is 7. The molecule has 0 bridgehead atoms. The van der Waals surface area contributed by atoms with Gasteiger partial charge in [-0.2, -0.15) is 0 Å². The summed E-state index contributed by atoms with van der Waals surface area (Å²) in [5.41, 5.74) is -0.470. The molecule has 35 heavy (non-hydrogen) atoms. The van der Waals surface area contributed by atoms with Crippen molar-refractivity contribution in [3.05, 3.63) is 0 Å². The van der Waals surface area contributed by atoms with E-state index in [4.69, 9.17) is 9.47 Å². The highest BCUT2D eigenvalue weighted by atomic mass is 16.6. The van der Waals surface area contributed by atoms with Crippen LogP contribution in [0.5, 0.6) is 0 Å². The minimum absolute atomic E-state index is 0.0279. The number of Topliss-reactive ketones (excluding diaryl/α,β-unsaturated/α-hetero) is 1. The summed E-state index contributed by atoms with van der Waals surface area (Å²) in [6.07, 6.45) is 5.54. The maximum absolute atomic E-state index is 11.7. The second-order valence-electron chi connectivity index (χ2n) is 11.4. The van der Waals surface area contributed by atoms with Gasteiger partial charge in [-0.05, 0) is 84.8 Å². The lowest BCUT2D eigenvalue weighted by molar-refractivity contribution is -0.143. The molecule has 4 atom stereocenters. The molecule has 3 fully saturated rings. The molecule has 3 saturated heterocycles. The van der Waals surface area contributed by atoms with E-state index >= 15 is 0 Å². The average Bonchev–Trinajstić information content (AvgIpc) is 2.79. The first-order valence-corrected chi connectivity index (χ1v) is 13.6. The van der Waals surface area contributed by atoms with E-state index in [-0.39, 0.29) is 23.8 Å². The quantitative estimate of drug-likeness (QED) is 0.579. The van der Waals surface area contributed by atoms with Gasteiger partial charge in [0, 0.05) is 44.4 Å². The third-order valence-corrected chi connectivity index (χ3v) is 7.15. The highest BCUT2D eigenvalue weighted by molar-refractivity contribution is 5.83. The molecule has 0 aliphatic carbocycles. The van der Waals surface area contributed by atoms with Gasteiger partial charge in [-0.15, -0.1) is 0 Å². The number of amides is 1. The number of carbonyl (C=O) groups excluding carboxylic acids is 3. The lowest BCUT2D eigenvalue weighted by Crippen LogP contribution is -2.51. The van der Waals surface area contributed by atoms with Crippen molar-refractivity contribution in [3.63, 3.8) is 0 Å². The van der Waals surface area contributed by atoms with E-state index in [1.807, 2.05) is 34.6 Å². The van der Waals surface area contributed by atoms with Crippen molar-refractivity contribution in [1.82, 2.24) is 15.1 Å². The predicted molar refractivity (Wildman–Crippen MR) is 137 cm³/mol. The second-order valence-corrected chi connectivity index (χ2v) is 11.4. The first-order chi connectivity index (χ1) is 16.5. The first kappa shape index (κ1) is 29.6. The number of piperidine rings is 3. The number of esters is 1. The van der Waals surface area contributed by atoms with Gasteiger partial charge in [-0.3, -0.25) is 14.5 Å². The summed E-state index contributed by atoms with van der Waals surface area (Å²) >= 11 is 0. The average molecular weight is 496 g/mol. The smallest absolute Gasteiger partial charge is 0.410 e. The Morgan fingerprint density at radius 1 is 1.11 bits per heavy atom. The molecule has 0 aromatic carbocycles. The summed E-state index contributed by atoms with van der Waals surface area (Å²) in [7, 11) is 0. The normalized spacial score (nSPS) is 28.1. The Morgan fingerprint density at radius 2 is 1.86 bits per heavy atom. The van der Waals surface area contributed by atoms with Gasteiger partial charge >= 0.3 is 12.1 Å². The number of carbonyl (C=O) groups is 3. The number of ether oxygens (including phenoxy) is 2. The third kappa shape index (κ3) is 10.5. The summed E-state index contributed by atoms with van der Waals surface area (Å²) in [4.78, 5) is 38.7. The number of rotatable bonds is 5. The zero-order valence-electron chi connectivity index (χ0n) is 22.9. The molecular weight excluding hydrogens is 446 g/mol. The minimum Gasteiger partial charge on any atom is -0.466 e. The molecule has 202 valence electrons. The van der Waals surface area contributed by atoms with Crippen LogP contribution in [0.25, 0.3) is 0 Å². The maximum atomic E-state index is 11.7. The zero-order valence-corrected chi connectivity index (χ0v) is 22.9. The molecule has 3 heterocycles. The standard InChI is InChI=1S/C16H30N2O2.C11H19NO3/c1-3-20-16(19)7-6-14-5-4-10-18(12-14)15-8-9-17-11-13(15)2;1-8-7-12(6-5-9(8)13)10(14)15-11(2,3)4/h13-15,17H,3-12H2,1-2H3;8H,5-7H2,1-4H3. The van der Waals surface area contributed by atoms with E-state index in [9.17, 15) is 14.4 Å². The summed E-state index contributed by atoms with van der Waals surface area (Å²) in [6, 6.07) is 0.738. The fourth-order valence-corrected chi connectivity index (χ4v) is 5.24. The molecule has 0 aromatic rings. The van der Waals surface area contributed by atoms with Gasteiger partial charge < -0.3 is 19.7 Å². The zero-order chi connectivity index (χ0) is 26.0. The highest BCUT2D eigenvalue weighted by Crippen LogP contribution is 2.27. The highest BCUT2D eigenvalue weighted by Gasteiger charge is 2.31. The van der Waals surface area contributed by atoms with Crippen molar-refractivity contribution in [2.75, 3.05) is 45.9 Å². The van der Waals surface area contributed by atoms with E-state index in [1.54, 1.807) is 4.90 Å². The van der Waals surface area contributed by atoms with Crippen LogP contribution in [0.4, 0.5) is 4.79 Å². The predicted octanol–water partition coefficient (Wildman–Crippen LogP) is 3.87. The number of nitrogens with zero attached hydrogens (tertiary/aromatic N) is 2. The van der Waals surface area contributed by atoms with Crippen LogP contribution in [0.1, 0.15) is 80.1 Å². The molecule has 8 nitrogen and oxygen atoms in total. The molecular formula is C27H49N3O5. The van der Waals surface area contributed by atoms with Crippen molar-refractivity contribution >= 4 is 17.8 Å². The van der Waals surface area contributed by atoms with E-state index < -0.39 is 5.60 Å². The first-order valence-electron chi connectivity index (χ1n) is 13.6. The molecule has 3 aliphatic rings. The fourth-order valence-electron chi connectivity index (χ4n) is 5.24. The molecule has 3 rings (SSSR count). The van der Waals surface area contributed by atoms with E-state index in [0.717, 1.165) is 31.5 Å². The summed E-state index contributed by atoms with van der Waals surface area (Å²) in [6.45, 7) is 17.8. The van der Waals surface area contributed by atoms with Crippen molar-refractivity contribution in [3.8, 4) is 0 Å². The van der Waals surface area contributed by atoms with Gasteiger partial charge in [-0.25, -0.2) is 4.79 Å². The fraction of sp³-hybridized carbons (Fsp3) is 0.889. The Labute approximate surface area is 212 Å². The Hall–Kier alpha value is -1.67. The number of likely N-dealkylation sites (tertiary alicyclic amines) is 2. The van der Waals surface area contributed by atoms with Crippen LogP contribution >= 0.6 is 0 Å². The third-order valence-electron chi connectivity index (χ3n) is 7.15. The lowest BCUT2D eigenvalue weighted by atomic mass is 9.88. The van der Waals surface area contributed by atoms with Crippen LogP contribution in [0.2, 0.25) is 0 Å². The lowest BCUT2D eigenvalue weighted by Gasteiger charge is -2.43. The van der Waals surface area contributed by atoms with Crippen LogP contribution in [0.15, 0.2) is 0 Å². The summed E-state index contributed by atoms with van der Waals surface area (Å²) < 4.78 is 10.3. The molecule has 3 aliphatic heterocycles. The van der Waals surface area contributed by atoms with Gasteiger partial charge in [-0.1, -0.05) is 13.8 Å². The molecule has 0 aromatic heterocycles. The molecule has 0 radical (unpaired) electrons. The van der Waals surface area contributed by atoms with Gasteiger partial charge in [0.1, 0.15) is 11.4 Å². The molecule has 1 N–H and O–H groups in total. The van der Waals surface area contributed by atoms with E-state index in [2.05, 4.69) is 17.1 Å². The van der Waals surface area contributed by atoms with Crippen LogP contribution in [0, 0.1) is 17.8 Å². The minimum atomic E-state index is -0.470. The van der Waals surface area contributed by atoms with Crippen molar-refractivity contribution in [2.45, 2.75) is 91.7 Å². The van der Waals surface area contributed by atoms with Crippen LogP contribution in [-0.2, 0) is 19.1 Å². The van der Waals surface area contributed by atoms with E-state index in [1.165, 1.54) is 32.4 Å². The molecule has 4 unspecified atom stereocenters. The maximum Gasteiger partial charge on any atom is 0.410 e. The molecule has 0 saturated carbocycles. The molecule has 8 heteroatoms. The van der Waals surface area contributed by atoms with Crippen molar-refractivity contribution in [1.29, 1.82) is 0 Å². The SMILES string of the molecule is CC1CN(C(=O)OC(C)(C)C)CCC1=O.CCOC(=O)CCC1CCCN(C2CCNCC2C)C1. The Balaban J connectivity index is 0.000000258. The van der Waals surface area contributed by atoms with Gasteiger partial charge in [0.15, 0.2) is 0 Å². The topological polar surface area (TPSA) is 88.2 Å². The van der Waals surface area contributed by atoms with Crippen LogP contribution < -0.4 is 5.32 Å². The Bertz CT molecular complexity index is 693. The van der Waals surface area contributed by atoms with Crippen molar-refractivity contribution in [2.24, 2.45) is 17.8 Å². The monoisotopic (exact) mass is 495 g/mol. The molecule has 0 spiro atoms. The Kier molecular flexibility index (Phi) is 12.0. The van der Waals surface area contributed by atoms with Crippen LogP contribution in [0.3, 0.4) is 0 Å². The number of nitrogens with one attached hydrogen (secondary N) is 1. The van der Waals surface area contributed by atoms with Gasteiger partial charge in [0.2, 0.25) is 0 Å².